The summed E-state index contributed by atoms with van der Waals surface area (Å²) in [5.41, 5.74) is 0.648. The quantitative estimate of drug-likeness (QED) is 0.878. The molecule has 3 rings (SSSR count). The maximum atomic E-state index is 13.1. The number of anilines is 3. The van der Waals surface area contributed by atoms with E-state index in [9.17, 15) is 13.6 Å². The number of aryl methyl sites for hydroxylation is 1. The third-order valence-electron chi connectivity index (χ3n) is 2.68. The maximum Gasteiger partial charge on any atom is 0.482 e. The van der Waals surface area contributed by atoms with Gasteiger partial charge >= 0.3 is 12.0 Å². The number of benzene rings is 1. The van der Waals surface area contributed by atoms with Crippen LogP contribution in [0.25, 0.3) is 0 Å². The van der Waals surface area contributed by atoms with E-state index in [4.69, 9.17) is 0 Å². The number of ether oxygens (including phenoxy) is 1. The molecule has 2 heterocycles. The van der Waals surface area contributed by atoms with Crippen molar-refractivity contribution >= 4 is 23.2 Å². The van der Waals surface area contributed by atoms with Gasteiger partial charge in [-0.1, -0.05) is 0 Å². The van der Waals surface area contributed by atoms with Gasteiger partial charge in [-0.2, -0.15) is 13.8 Å². The average molecular weight is 293 g/mol. The lowest BCUT2D eigenvalue weighted by atomic mass is 10.2. The summed E-state index contributed by atoms with van der Waals surface area (Å²) in [4.78, 5) is 23.0. The number of fused-ring (bicyclic) bond motifs is 1. The first kappa shape index (κ1) is 13.2. The highest BCUT2D eigenvalue weighted by Gasteiger charge is 2.46. The summed E-state index contributed by atoms with van der Waals surface area (Å²) < 4.78 is 30.5. The minimum absolute atomic E-state index is 0.114. The topological polar surface area (TPSA) is 89.0 Å². The lowest BCUT2D eigenvalue weighted by Gasteiger charge is -2.25. The van der Waals surface area contributed by atoms with Gasteiger partial charge in [0.1, 0.15) is 12.2 Å². The van der Waals surface area contributed by atoms with Gasteiger partial charge < -0.3 is 15.4 Å². The minimum Gasteiger partial charge on any atom is -0.423 e. The van der Waals surface area contributed by atoms with E-state index < -0.39 is 12.0 Å². The van der Waals surface area contributed by atoms with Gasteiger partial charge in [-0.25, -0.2) is 9.97 Å². The Bertz CT molecular complexity index is 723. The molecule has 0 bridgehead atoms. The number of nitrogens with zero attached hydrogens (tertiary/aromatic N) is 3. The Balaban J connectivity index is 1.87. The van der Waals surface area contributed by atoms with Gasteiger partial charge in [0.05, 0.1) is 5.69 Å². The Morgan fingerprint density at radius 2 is 2.14 bits per heavy atom. The van der Waals surface area contributed by atoms with E-state index in [1.54, 1.807) is 6.92 Å². The molecular weight excluding hydrogens is 284 g/mol. The average Bonchev–Trinajstić information content (AvgIpc) is 2.40. The fourth-order valence-corrected chi connectivity index (χ4v) is 1.74. The molecule has 2 N–H and O–H groups in total. The van der Waals surface area contributed by atoms with Crippen LogP contribution in [0.3, 0.4) is 0 Å². The Kier molecular flexibility index (Phi) is 2.89. The van der Waals surface area contributed by atoms with Crippen LogP contribution in [0, 0.1) is 6.92 Å². The predicted octanol–water partition coefficient (Wildman–Crippen LogP) is 1.85. The van der Waals surface area contributed by atoms with Gasteiger partial charge in [-0.15, -0.1) is 0 Å². The van der Waals surface area contributed by atoms with Crippen molar-refractivity contribution < 1.29 is 18.3 Å². The van der Waals surface area contributed by atoms with E-state index in [0.717, 1.165) is 0 Å². The van der Waals surface area contributed by atoms with Crippen LogP contribution < -0.4 is 15.4 Å². The highest BCUT2D eigenvalue weighted by atomic mass is 19.3. The molecular formula is C12H9F2N5O2. The van der Waals surface area contributed by atoms with Crippen molar-refractivity contribution in [1.29, 1.82) is 0 Å². The summed E-state index contributed by atoms with van der Waals surface area (Å²) in [5, 5.41) is 4.95. The van der Waals surface area contributed by atoms with Crippen LogP contribution in [0.2, 0.25) is 0 Å². The Morgan fingerprint density at radius 3 is 2.90 bits per heavy atom. The number of carbonyl (C=O) groups excluding carboxylic acids is 1. The molecule has 0 atom stereocenters. The van der Waals surface area contributed by atoms with Crippen molar-refractivity contribution in [3.05, 3.63) is 30.4 Å². The fourth-order valence-electron chi connectivity index (χ4n) is 1.74. The van der Waals surface area contributed by atoms with Crippen LogP contribution in [-0.2, 0) is 4.79 Å². The van der Waals surface area contributed by atoms with Crippen molar-refractivity contribution in [2.24, 2.45) is 0 Å². The lowest BCUT2D eigenvalue weighted by Crippen LogP contribution is -2.43. The first-order chi connectivity index (χ1) is 9.94. The van der Waals surface area contributed by atoms with Gasteiger partial charge in [0.2, 0.25) is 5.95 Å². The summed E-state index contributed by atoms with van der Waals surface area (Å²) in [6, 6.07) is 4.27. The zero-order chi connectivity index (χ0) is 15.0. The van der Waals surface area contributed by atoms with Gasteiger partial charge in [0.15, 0.2) is 5.75 Å². The van der Waals surface area contributed by atoms with E-state index in [2.05, 4.69) is 30.3 Å². The number of alkyl halides is 2. The van der Waals surface area contributed by atoms with Gasteiger partial charge in [-0.3, -0.25) is 4.79 Å². The molecule has 7 nitrogen and oxygen atoms in total. The Hall–Kier alpha value is -2.84. The Morgan fingerprint density at radius 1 is 1.33 bits per heavy atom. The number of halogens is 2. The molecule has 9 heteroatoms. The zero-order valence-corrected chi connectivity index (χ0v) is 10.7. The number of carbonyl (C=O) groups is 1. The van der Waals surface area contributed by atoms with Crippen LogP contribution in [0.1, 0.15) is 5.82 Å². The first-order valence-electron chi connectivity index (χ1n) is 5.89. The normalized spacial score (nSPS) is 15.7. The molecule has 0 aliphatic carbocycles. The van der Waals surface area contributed by atoms with Crippen LogP contribution in [0.15, 0.2) is 24.5 Å². The molecule has 21 heavy (non-hydrogen) atoms. The monoisotopic (exact) mass is 293 g/mol. The molecule has 0 spiro atoms. The second-order valence-corrected chi connectivity index (χ2v) is 4.27. The Labute approximate surface area is 117 Å². The molecule has 0 saturated carbocycles. The number of aromatic nitrogens is 3. The van der Waals surface area contributed by atoms with E-state index in [0.29, 0.717) is 17.5 Å². The standard InChI is InChI=1S/C12H9F2N5O2/c1-6-15-5-16-11(17-6)18-7-2-3-9-8(4-7)19-10(20)12(13,14)21-9/h2-5H,1H3,(H,19,20)(H,15,16,17,18). The number of nitrogens with one attached hydrogen (secondary N) is 2. The summed E-state index contributed by atoms with van der Waals surface area (Å²) in [5.74, 6) is -0.794. The predicted molar refractivity (Wildman–Crippen MR) is 68.5 cm³/mol. The third-order valence-corrected chi connectivity index (χ3v) is 2.68. The molecule has 1 aliphatic rings. The number of rotatable bonds is 2. The van der Waals surface area contributed by atoms with Crippen molar-refractivity contribution in [3.63, 3.8) is 0 Å². The smallest absolute Gasteiger partial charge is 0.423 e. The summed E-state index contributed by atoms with van der Waals surface area (Å²) in [7, 11) is 0. The molecule has 1 aliphatic heterocycles. The SMILES string of the molecule is Cc1ncnc(Nc2ccc3c(c2)NC(=O)C(F)(F)O3)n1. The van der Waals surface area contributed by atoms with Crippen molar-refractivity contribution in [3.8, 4) is 5.75 Å². The number of amides is 1. The molecule has 0 unspecified atom stereocenters. The van der Waals surface area contributed by atoms with Gasteiger partial charge in [0, 0.05) is 5.69 Å². The van der Waals surface area contributed by atoms with Crippen LogP contribution in [-0.4, -0.2) is 27.0 Å². The van der Waals surface area contributed by atoms with Crippen LogP contribution >= 0.6 is 0 Å². The largest absolute Gasteiger partial charge is 0.482 e. The number of hydrogen-bond donors (Lipinski definition) is 2. The number of hydrogen-bond acceptors (Lipinski definition) is 6. The van der Waals surface area contributed by atoms with E-state index >= 15 is 0 Å². The first-order valence-corrected chi connectivity index (χ1v) is 5.89. The van der Waals surface area contributed by atoms with Crippen molar-refractivity contribution in [1.82, 2.24) is 15.0 Å². The summed E-state index contributed by atoms with van der Waals surface area (Å²) in [6.45, 7) is 1.70. The third kappa shape index (κ3) is 2.57. The molecule has 108 valence electrons. The van der Waals surface area contributed by atoms with E-state index in [-0.39, 0.29) is 11.4 Å². The van der Waals surface area contributed by atoms with E-state index in [1.165, 1.54) is 24.5 Å². The highest BCUT2D eigenvalue weighted by molar-refractivity contribution is 5.99. The molecule has 2 aromatic rings. The van der Waals surface area contributed by atoms with Crippen molar-refractivity contribution in [2.45, 2.75) is 13.0 Å². The van der Waals surface area contributed by atoms with Crippen LogP contribution in [0.5, 0.6) is 5.75 Å². The van der Waals surface area contributed by atoms with Crippen molar-refractivity contribution in [2.75, 3.05) is 10.6 Å². The molecule has 0 saturated heterocycles. The lowest BCUT2D eigenvalue weighted by molar-refractivity contribution is -0.189. The summed E-state index contributed by atoms with van der Waals surface area (Å²) >= 11 is 0. The molecule has 0 radical (unpaired) electrons. The molecule has 1 amide bonds. The van der Waals surface area contributed by atoms with E-state index in [1.807, 2.05) is 0 Å². The van der Waals surface area contributed by atoms with Crippen LogP contribution in [0.4, 0.5) is 26.1 Å². The summed E-state index contributed by atoms with van der Waals surface area (Å²) in [6.07, 6.45) is -2.53. The highest BCUT2D eigenvalue weighted by Crippen LogP contribution is 2.37. The zero-order valence-electron chi connectivity index (χ0n) is 10.7. The minimum atomic E-state index is -3.87. The molecule has 1 aromatic carbocycles. The molecule has 0 fully saturated rings. The van der Waals surface area contributed by atoms with Gasteiger partial charge in [-0.05, 0) is 25.1 Å². The fraction of sp³-hybridized carbons (Fsp3) is 0.167. The molecule has 1 aromatic heterocycles. The second kappa shape index (κ2) is 4.62. The second-order valence-electron chi connectivity index (χ2n) is 4.27. The van der Waals surface area contributed by atoms with Gasteiger partial charge in [0.25, 0.3) is 0 Å². The maximum absolute atomic E-state index is 13.1.